The van der Waals surface area contributed by atoms with Crippen molar-refractivity contribution < 1.29 is 0 Å². The molecule has 1 N–H and O–H groups in total. The highest BCUT2D eigenvalue weighted by Gasteiger charge is 2.15. The van der Waals surface area contributed by atoms with E-state index in [2.05, 4.69) is 34.8 Å². The highest BCUT2D eigenvalue weighted by Crippen LogP contribution is 2.22. The number of nitrogens with one attached hydrogen (secondary N) is 1. The molecule has 0 bridgehead atoms. The van der Waals surface area contributed by atoms with Gasteiger partial charge in [-0.2, -0.15) is 0 Å². The molecule has 0 radical (unpaired) electrons. The van der Waals surface area contributed by atoms with Crippen LogP contribution in [0.15, 0.2) is 40.6 Å². The fourth-order valence-corrected chi connectivity index (χ4v) is 3.28. The Morgan fingerprint density at radius 3 is 2.91 bits per heavy atom. The monoisotopic (exact) mass is 313 g/mol. The maximum atomic E-state index is 12.3. The minimum absolute atomic E-state index is 0.0189. The van der Waals surface area contributed by atoms with Crippen LogP contribution < -0.4 is 5.56 Å². The first-order valence-electron chi connectivity index (χ1n) is 7.27. The molecule has 0 amide bonds. The van der Waals surface area contributed by atoms with Crippen LogP contribution in [0.3, 0.4) is 0 Å². The Labute approximate surface area is 133 Å². The van der Waals surface area contributed by atoms with Gasteiger partial charge in [-0.3, -0.25) is 9.69 Å². The third-order valence-corrected chi connectivity index (χ3v) is 4.91. The van der Waals surface area contributed by atoms with E-state index in [1.165, 1.54) is 5.56 Å². The van der Waals surface area contributed by atoms with E-state index in [9.17, 15) is 4.79 Å². The summed E-state index contributed by atoms with van der Waals surface area (Å²) in [5.41, 5.74) is 2.84. The number of pyridine rings is 1. The molecule has 114 valence electrons. The smallest absolute Gasteiger partial charge is 0.252 e. The molecular weight excluding hydrogens is 294 g/mol. The highest BCUT2D eigenvalue weighted by atomic mass is 32.1. The van der Waals surface area contributed by atoms with Gasteiger partial charge < -0.3 is 4.98 Å². The van der Waals surface area contributed by atoms with Crippen molar-refractivity contribution in [1.82, 2.24) is 14.9 Å². The first-order chi connectivity index (χ1) is 10.5. The molecule has 0 spiro atoms. The molecule has 22 heavy (non-hydrogen) atoms. The molecule has 3 rings (SSSR count). The quantitative estimate of drug-likeness (QED) is 0.802. The Bertz CT molecular complexity index is 839. The average Bonchev–Trinajstić information content (AvgIpc) is 3.02. The van der Waals surface area contributed by atoms with Crippen LogP contribution in [0.25, 0.3) is 10.9 Å². The standard InChI is InChI=1S/C17H19N3OS/c1-11-4-5-15-13(8-11)9-14(16(21)19-15)10-20(3)12(2)17-18-6-7-22-17/h4-9,12H,10H2,1-3H3,(H,19,21)/t12-/m1/s1. The van der Waals surface area contributed by atoms with E-state index in [1.54, 1.807) is 11.3 Å². The number of rotatable bonds is 4. The van der Waals surface area contributed by atoms with Crippen LogP contribution in [0.2, 0.25) is 0 Å². The van der Waals surface area contributed by atoms with E-state index in [-0.39, 0.29) is 11.6 Å². The van der Waals surface area contributed by atoms with Crippen molar-refractivity contribution in [3.63, 3.8) is 0 Å². The fourth-order valence-electron chi connectivity index (χ4n) is 2.52. The second-order valence-corrected chi connectivity index (χ2v) is 6.60. The summed E-state index contributed by atoms with van der Waals surface area (Å²) in [7, 11) is 2.02. The lowest BCUT2D eigenvalue weighted by molar-refractivity contribution is 0.251. The lowest BCUT2D eigenvalue weighted by Gasteiger charge is -2.22. The Morgan fingerprint density at radius 1 is 1.36 bits per heavy atom. The molecule has 0 aliphatic rings. The summed E-state index contributed by atoms with van der Waals surface area (Å²) in [5.74, 6) is 0. The minimum atomic E-state index is -0.0189. The number of fused-ring (bicyclic) bond motifs is 1. The zero-order valence-electron chi connectivity index (χ0n) is 13.0. The Hall–Kier alpha value is -1.98. The van der Waals surface area contributed by atoms with Crippen molar-refractivity contribution in [3.05, 3.63) is 62.3 Å². The van der Waals surface area contributed by atoms with Gasteiger partial charge in [-0.05, 0) is 44.5 Å². The van der Waals surface area contributed by atoms with Gasteiger partial charge in [0.25, 0.3) is 5.56 Å². The molecule has 1 aromatic carbocycles. The number of aromatic amines is 1. The van der Waals surface area contributed by atoms with Gasteiger partial charge in [0, 0.05) is 29.2 Å². The van der Waals surface area contributed by atoms with Gasteiger partial charge in [0.05, 0.1) is 6.04 Å². The van der Waals surface area contributed by atoms with Gasteiger partial charge >= 0.3 is 0 Å². The molecular formula is C17H19N3OS. The van der Waals surface area contributed by atoms with Crippen molar-refractivity contribution in [3.8, 4) is 0 Å². The van der Waals surface area contributed by atoms with Crippen LogP contribution in [0.4, 0.5) is 0 Å². The van der Waals surface area contributed by atoms with Crippen molar-refractivity contribution in [2.24, 2.45) is 0 Å². The largest absolute Gasteiger partial charge is 0.322 e. The van der Waals surface area contributed by atoms with Crippen molar-refractivity contribution in [2.45, 2.75) is 26.4 Å². The van der Waals surface area contributed by atoms with Crippen LogP contribution in [-0.2, 0) is 6.54 Å². The lowest BCUT2D eigenvalue weighted by atomic mass is 10.1. The highest BCUT2D eigenvalue weighted by molar-refractivity contribution is 7.09. The summed E-state index contributed by atoms with van der Waals surface area (Å²) in [4.78, 5) is 21.7. The second kappa shape index (κ2) is 6.02. The number of aryl methyl sites for hydroxylation is 1. The van der Waals surface area contributed by atoms with Crippen molar-refractivity contribution in [2.75, 3.05) is 7.05 Å². The zero-order chi connectivity index (χ0) is 15.7. The number of nitrogens with zero attached hydrogens (tertiary/aromatic N) is 2. The predicted octanol–water partition coefficient (Wildman–Crippen LogP) is 3.49. The molecule has 0 saturated heterocycles. The van der Waals surface area contributed by atoms with Gasteiger partial charge in [-0.1, -0.05) is 11.6 Å². The minimum Gasteiger partial charge on any atom is -0.322 e. The Balaban J connectivity index is 1.90. The summed E-state index contributed by atoms with van der Waals surface area (Å²) >= 11 is 1.64. The number of H-pyrrole nitrogens is 1. The zero-order valence-corrected chi connectivity index (χ0v) is 13.8. The topological polar surface area (TPSA) is 49.0 Å². The van der Waals surface area contributed by atoms with Gasteiger partial charge in [0.2, 0.25) is 0 Å². The lowest BCUT2D eigenvalue weighted by Crippen LogP contribution is -2.26. The number of benzene rings is 1. The molecule has 0 fully saturated rings. The summed E-state index contributed by atoms with van der Waals surface area (Å²) < 4.78 is 0. The van der Waals surface area contributed by atoms with E-state index in [0.717, 1.165) is 21.5 Å². The third kappa shape index (κ3) is 2.96. The van der Waals surface area contributed by atoms with Crippen molar-refractivity contribution in [1.29, 1.82) is 0 Å². The molecule has 1 atom stereocenters. The third-order valence-electron chi connectivity index (χ3n) is 3.97. The van der Waals surface area contributed by atoms with E-state index in [1.807, 2.05) is 36.8 Å². The van der Waals surface area contributed by atoms with Gasteiger partial charge in [0.15, 0.2) is 0 Å². The van der Waals surface area contributed by atoms with Crippen LogP contribution in [0, 0.1) is 6.92 Å². The van der Waals surface area contributed by atoms with Gasteiger partial charge in [-0.25, -0.2) is 4.98 Å². The van der Waals surface area contributed by atoms with Gasteiger partial charge in [0.1, 0.15) is 5.01 Å². The molecule has 4 nitrogen and oxygen atoms in total. The summed E-state index contributed by atoms with van der Waals surface area (Å²) in [5, 5.41) is 4.12. The number of hydrogen-bond acceptors (Lipinski definition) is 4. The molecule has 3 aromatic rings. The van der Waals surface area contributed by atoms with Gasteiger partial charge in [-0.15, -0.1) is 11.3 Å². The predicted molar refractivity (Wildman–Crippen MR) is 91.3 cm³/mol. The average molecular weight is 313 g/mol. The Kier molecular flexibility index (Phi) is 4.09. The molecule has 0 unspecified atom stereocenters. The van der Waals surface area contributed by atoms with Crippen LogP contribution in [0.5, 0.6) is 0 Å². The second-order valence-electron chi connectivity index (χ2n) is 5.68. The number of thiazole rings is 1. The summed E-state index contributed by atoms with van der Waals surface area (Å²) in [6.07, 6.45) is 1.82. The molecule has 2 aromatic heterocycles. The first kappa shape index (κ1) is 14.9. The molecule has 0 saturated carbocycles. The normalized spacial score (nSPS) is 12.9. The van der Waals surface area contributed by atoms with Crippen LogP contribution in [-0.4, -0.2) is 21.9 Å². The van der Waals surface area contributed by atoms with E-state index < -0.39 is 0 Å². The number of aromatic nitrogens is 2. The van der Waals surface area contributed by atoms with E-state index in [4.69, 9.17) is 0 Å². The summed E-state index contributed by atoms with van der Waals surface area (Å²) in [6, 6.07) is 8.24. The Morgan fingerprint density at radius 2 is 2.18 bits per heavy atom. The first-order valence-corrected chi connectivity index (χ1v) is 8.15. The molecule has 0 aliphatic heterocycles. The van der Waals surface area contributed by atoms with Crippen LogP contribution >= 0.6 is 11.3 Å². The van der Waals surface area contributed by atoms with Crippen LogP contribution in [0.1, 0.15) is 29.1 Å². The number of hydrogen-bond donors (Lipinski definition) is 1. The molecule has 2 heterocycles. The molecule has 0 aliphatic carbocycles. The van der Waals surface area contributed by atoms with Crippen molar-refractivity contribution >= 4 is 22.2 Å². The molecule has 5 heteroatoms. The van der Waals surface area contributed by atoms with E-state index in [0.29, 0.717) is 6.54 Å². The maximum absolute atomic E-state index is 12.3. The van der Waals surface area contributed by atoms with E-state index >= 15 is 0 Å². The SMILES string of the molecule is Cc1ccc2[nH]c(=O)c(CN(C)[C@H](C)c3nccs3)cc2c1. The maximum Gasteiger partial charge on any atom is 0.252 e. The fraction of sp³-hybridized carbons (Fsp3) is 0.294. The summed E-state index contributed by atoms with van der Waals surface area (Å²) in [6.45, 7) is 4.76.